The van der Waals surface area contributed by atoms with E-state index >= 15 is 0 Å². The molecule has 0 aliphatic carbocycles. The molecule has 0 saturated carbocycles. The van der Waals surface area contributed by atoms with Gasteiger partial charge in [0.05, 0.1) is 12.8 Å². The van der Waals surface area contributed by atoms with Crippen LogP contribution in [0.5, 0.6) is 0 Å². The summed E-state index contributed by atoms with van der Waals surface area (Å²) in [7, 11) is 1.42. The Hall–Kier alpha value is -3.55. The van der Waals surface area contributed by atoms with Crippen LogP contribution in [0.15, 0.2) is 78.9 Å². The first-order valence-corrected chi connectivity index (χ1v) is 10.8. The van der Waals surface area contributed by atoms with Gasteiger partial charge in [0, 0.05) is 18.4 Å². The van der Waals surface area contributed by atoms with Gasteiger partial charge in [-0.3, -0.25) is 14.4 Å². The molecule has 1 heterocycles. The van der Waals surface area contributed by atoms with Crippen LogP contribution in [0.1, 0.15) is 29.0 Å². The molecule has 0 fully saturated rings. The number of hydroxylamine groups is 1. The van der Waals surface area contributed by atoms with Gasteiger partial charge in [-0.1, -0.05) is 66.7 Å². The number of amides is 2. The second kappa shape index (κ2) is 9.94. The molecule has 1 unspecified atom stereocenters. The van der Waals surface area contributed by atoms with E-state index < -0.39 is 18.0 Å². The van der Waals surface area contributed by atoms with E-state index in [9.17, 15) is 14.0 Å². The van der Waals surface area contributed by atoms with Crippen molar-refractivity contribution >= 4 is 17.5 Å². The Kier molecular flexibility index (Phi) is 6.82. The molecule has 4 rings (SSSR count). The molecule has 3 aromatic rings. The van der Waals surface area contributed by atoms with Crippen molar-refractivity contribution in [1.29, 1.82) is 0 Å². The zero-order chi connectivity index (χ0) is 23.4. The molecule has 0 spiro atoms. The van der Waals surface area contributed by atoms with Crippen LogP contribution in [-0.2, 0) is 20.8 Å². The van der Waals surface area contributed by atoms with Gasteiger partial charge in [0.25, 0.3) is 5.91 Å². The van der Waals surface area contributed by atoms with Crippen LogP contribution in [0.2, 0.25) is 0 Å². The highest BCUT2D eigenvalue weighted by molar-refractivity contribution is 6.02. The van der Waals surface area contributed by atoms with E-state index in [0.717, 1.165) is 11.1 Å². The summed E-state index contributed by atoms with van der Waals surface area (Å²) in [6.07, 6.45) is 0.169. The Labute approximate surface area is 192 Å². The molecule has 3 atom stereocenters. The van der Waals surface area contributed by atoms with Crippen LogP contribution in [0, 0.1) is 5.82 Å². The van der Waals surface area contributed by atoms with E-state index in [-0.39, 0.29) is 30.5 Å². The van der Waals surface area contributed by atoms with Gasteiger partial charge in [-0.25, -0.2) is 4.39 Å². The lowest BCUT2D eigenvalue weighted by molar-refractivity contribution is -0.132. The smallest absolute Gasteiger partial charge is 0.274 e. The Morgan fingerprint density at radius 2 is 1.73 bits per heavy atom. The minimum absolute atomic E-state index is 0.0474. The molecule has 0 saturated heterocycles. The first-order chi connectivity index (χ1) is 16.0. The summed E-state index contributed by atoms with van der Waals surface area (Å²) in [5, 5.41) is 4.08. The van der Waals surface area contributed by atoms with Gasteiger partial charge < -0.3 is 11.1 Å². The summed E-state index contributed by atoms with van der Waals surface area (Å²) in [6.45, 7) is 0. The fourth-order valence-corrected chi connectivity index (χ4v) is 4.36. The molecular formula is C26H26FN3O3. The molecule has 0 aromatic heterocycles. The van der Waals surface area contributed by atoms with E-state index in [2.05, 4.69) is 5.32 Å². The number of hydrogen-bond acceptors (Lipinski definition) is 4. The standard InChI is InChI=1S/C26H26FN3O3/c1-33-30-22-14-8-6-12-20(22)24(17-9-3-2-4-10-17)25(26(30)32)29-23(31)16-19(28)15-18-11-5-7-13-21(18)27/h2-14,19,24-25H,15-16,28H2,1H3,(H,29,31)/t19-,24?,25-/m1/s1. The Balaban J connectivity index is 1.58. The van der Waals surface area contributed by atoms with Gasteiger partial charge in [-0.05, 0) is 35.2 Å². The number of hydrogen-bond donors (Lipinski definition) is 2. The molecule has 1 aliphatic rings. The molecule has 6 nitrogen and oxygen atoms in total. The van der Waals surface area contributed by atoms with Crippen molar-refractivity contribution in [2.75, 3.05) is 12.2 Å². The minimum Gasteiger partial charge on any atom is -0.343 e. The van der Waals surface area contributed by atoms with Crippen molar-refractivity contribution in [1.82, 2.24) is 5.32 Å². The first-order valence-electron chi connectivity index (χ1n) is 10.8. The van der Waals surface area contributed by atoms with Crippen molar-refractivity contribution in [2.45, 2.75) is 30.8 Å². The summed E-state index contributed by atoms with van der Waals surface area (Å²) in [6, 6.07) is 21.9. The van der Waals surface area contributed by atoms with Crippen molar-refractivity contribution in [2.24, 2.45) is 5.73 Å². The minimum atomic E-state index is -0.879. The molecule has 2 amide bonds. The average Bonchev–Trinajstić information content (AvgIpc) is 2.81. The van der Waals surface area contributed by atoms with E-state index in [4.69, 9.17) is 10.6 Å². The van der Waals surface area contributed by atoms with Crippen LogP contribution in [0.25, 0.3) is 0 Å². The summed E-state index contributed by atoms with van der Waals surface area (Å²) in [4.78, 5) is 31.7. The zero-order valence-corrected chi connectivity index (χ0v) is 18.3. The predicted octanol–water partition coefficient (Wildman–Crippen LogP) is 3.31. The molecule has 0 radical (unpaired) electrons. The van der Waals surface area contributed by atoms with Crippen molar-refractivity contribution in [3.63, 3.8) is 0 Å². The largest absolute Gasteiger partial charge is 0.343 e. The number of halogens is 1. The second-order valence-corrected chi connectivity index (χ2v) is 8.07. The van der Waals surface area contributed by atoms with Gasteiger partial charge in [-0.15, -0.1) is 0 Å². The Morgan fingerprint density at radius 1 is 1.06 bits per heavy atom. The number of carbonyl (C=O) groups excluding carboxylic acids is 2. The Bertz CT molecular complexity index is 1140. The summed E-state index contributed by atoms with van der Waals surface area (Å²) < 4.78 is 14.0. The number of nitrogens with one attached hydrogen (secondary N) is 1. The SMILES string of the molecule is CON1C(=O)[C@H](NC(=O)C[C@H](N)Cc2ccccc2F)C(c2ccccc2)c2ccccc21. The highest BCUT2D eigenvalue weighted by Crippen LogP contribution is 2.40. The molecule has 7 heteroatoms. The molecule has 33 heavy (non-hydrogen) atoms. The number of anilines is 1. The summed E-state index contributed by atoms with van der Waals surface area (Å²) in [5.74, 6) is -1.50. The lowest BCUT2D eigenvalue weighted by atomic mass is 9.81. The highest BCUT2D eigenvalue weighted by atomic mass is 19.1. The number of para-hydroxylation sites is 1. The number of fused-ring (bicyclic) bond motifs is 1. The third-order valence-corrected chi connectivity index (χ3v) is 5.84. The maximum Gasteiger partial charge on any atom is 0.274 e. The molecule has 0 bridgehead atoms. The van der Waals surface area contributed by atoms with Crippen molar-refractivity contribution in [3.05, 3.63) is 101 Å². The number of nitrogens with two attached hydrogens (primary N) is 1. The van der Waals surface area contributed by atoms with Crippen molar-refractivity contribution < 1.29 is 18.8 Å². The fraction of sp³-hybridized carbons (Fsp3) is 0.231. The predicted molar refractivity (Wildman–Crippen MR) is 124 cm³/mol. The van der Waals surface area contributed by atoms with Gasteiger partial charge in [0.2, 0.25) is 5.91 Å². The average molecular weight is 448 g/mol. The van der Waals surface area contributed by atoms with E-state index in [1.54, 1.807) is 18.2 Å². The lowest BCUT2D eigenvalue weighted by Crippen LogP contribution is -2.55. The second-order valence-electron chi connectivity index (χ2n) is 8.07. The molecule has 3 aromatic carbocycles. The lowest BCUT2D eigenvalue weighted by Gasteiger charge is -2.38. The highest BCUT2D eigenvalue weighted by Gasteiger charge is 2.42. The van der Waals surface area contributed by atoms with Crippen LogP contribution in [0.3, 0.4) is 0 Å². The number of rotatable bonds is 7. The number of carbonyl (C=O) groups is 2. The topological polar surface area (TPSA) is 84.7 Å². The van der Waals surface area contributed by atoms with Crippen LogP contribution in [0.4, 0.5) is 10.1 Å². The molecule has 3 N–H and O–H groups in total. The van der Waals surface area contributed by atoms with E-state index in [0.29, 0.717) is 11.3 Å². The van der Waals surface area contributed by atoms with Crippen molar-refractivity contribution in [3.8, 4) is 0 Å². The third kappa shape index (κ3) is 4.79. The first kappa shape index (κ1) is 22.6. The molecule has 1 aliphatic heterocycles. The number of benzene rings is 3. The maximum atomic E-state index is 14.0. The Morgan fingerprint density at radius 3 is 2.45 bits per heavy atom. The summed E-state index contributed by atoms with van der Waals surface area (Å²) in [5.41, 5.74) is 9.00. The van der Waals surface area contributed by atoms with Gasteiger partial charge in [0.1, 0.15) is 11.9 Å². The van der Waals surface area contributed by atoms with Gasteiger partial charge in [0.15, 0.2) is 0 Å². The van der Waals surface area contributed by atoms with Gasteiger partial charge in [-0.2, -0.15) is 5.06 Å². The molecule has 170 valence electrons. The van der Waals surface area contributed by atoms with E-state index in [1.807, 2.05) is 54.6 Å². The monoisotopic (exact) mass is 447 g/mol. The molecular weight excluding hydrogens is 421 g/mol. The third-order valence-electron chi connectivity index (χ3n) is 5.84. The van der Waals surface area contributed by atoms with Crippen LogP contribution >= 0.6 is 0 Å². The van der Waals surface area contributed by atoms with Crippen LogP contribution in [-0.4, -0.2) is 31.0 Å². The fourth-order valence-electron chi connectivity index (χ4n) is 4.36. The maximum absolute atomic E-state index is 14.0. The van der Waals surface area contributed by atoms with Crippen LogP contribution < -0.4 is 16.1 Å². The zero-order valence-electron chi connectivity index (χ0n) is 18.3. The van der Waals surface area contributed by atoms with E-state index in [1.165, 1.54) is 18.2 Å². The van der Waals surface area contributed by atoms with Gasteiger partial charge >= 0.3 is 0 Å². The normalized spacial score (nSPS) is 18.5. The quantitative estimate of drug-likeness (QED) is 0.582. The number of nitrogens with zero attached hydrogens (tertiary/aromatic N) is 1. The summed E-state index contributed by atoms with van der Waals surface area (Å²) >= 11 is 0.